The van der Waals surface area contributed by atoms with E-state index >= 15 is 0 Å². The molecule has 12 heteroatoms. The first kappa shape index (κ1) is 30.5. The normalized spacial score (nSPS) is 18.7. The van der Waals surface area contributed by atoms with Crippen molar-refractivity contribution in [3.05, 3.63) is 93.5 Å². The van der Waals surface area contributed by atoms with Crippen LogP contribution < -0.4 is 15.2 Å². The number of piperazine rings is 1. The van der Waals surface area contributed by atoms with E-state index in [1.54, 1.807) is 21.9 Å². The Hall–Kier alpha value is -3.99. The number of urea groups is 1. The first-order valence-electron chi connectivity index (χ1n) is 14.1. The summed E-state index contributed by atoms with van der Waals surface area (Å²) in [6.07, 6.45) is -0.888. The Labute approximate surface area is 260 Å². The summed E-state index contributed by atoms with van der Waals surface area (Å²) in [5.74, 6) is 1.67. The fourth-order valence-electron chi connectivity index (χ4n) is 5.32. The van der Waals surface area contributed by atoms with Gasteiger partial charge in [0.25, 0.3) is 0 Å². The number of hydroxylamine groups is 2. The van der Waals surface area contributed by atoms with E-state index < -0.39 is 18.2 Å². The molecule has 2 unspecified atom stereocenters. The molecule has 2 heterocycles. The zero-order chi connectivity index (χ0) is 30.5. The summed E-state index contributed by atoms with van der Waals surface area (Å²) in [5, 5.41) is 2.64. The highest BCUT2D eigenvalue weighted by molar-refractivity contribution is 6.30. The second kappa shape index (κ2) is 13.5. The molecule has 10 nitrogen and oxygen atoms in total. The Morgan fingerprint density at radius 1 is 0.860 bits per heavy atom. The lowest BCUT2D eigenvalue weighted by Crippen LogP contribution is -2.54. The minimum Gasteiger partial charge on any atom is -0.494 e. The highest BCUT2D eigenvalue weighted by atomic mass is 35.5. The average molecular weight is 627 g/mol. The monoisotopic (exact) mass is 625 g/mol. The molecule has 43 heavy (non-hydrogen) atoms. The van der Waals surface area contributed by atoms with Crippen LogP contribution in [-0.4, -0.2) is 72.2 Å². The number of carbonyl (C=O) groups is 2. The number of halogens is 2. The fraction of sp³-hybridized carbons (Fsp3) is 0.323. The van der Waals surface area contributed by atoms with E-state index in [1.165, 1.54) is 5.06 Å². The van der Waals surface area contributed by atoms with Gasteiger partial charge in [0, 0.05) is 29.2 Å². The molecular formula is C31H33Cl2N5O5. The van der Waals surface area contributed by atoms with E-state index in [4.69, 9.17) is 48.2 Å². The summed E-state index contributed by atoms with van der Waals surface area (Å²) < 4.78 is 11.8. The van der Waals surface area contributed by atoms with Gasteiger partial charge in [-0.05, 0) is 61.4 Å². The van der Waals surface area contributed by atoms with Gasteiger partial charge in [-0.2, -0.15) is 0 Å². The Balaban J connectivity index is 1.62. The Morgan fingerprint density at radius 2 is 1.47 bits per heavy atom. The lowest BCUT2D eigenvalue weighted by molar-refractivity contribution is -0.115. The fourth-order valence-corrected chi connectivity index (χ4v) is 5.58. The molecule has 3 amide bonds. The first-order chi connectivity index (χ1) is 20.8. The van der Waals surface area contributed by atoms with Gasteiger partial charge in [0.1, 0.15) is 23.4 Å². The van der Waals surface area contributed by atoms with Crippen molar-refractivity contribution in [1.29, 1.82) is 0 Å². The lowest BCUT2D eigenvalue weighted by Gasteiger charge is -2.38. The van der Waals surface area contributed by atoms with Gasteiger partial charge in [-0.25, -0.2) is 9.59 Å². The van der Waals surface area contributed by atoms with Crippen molar-refractivity contribution in [3.63, 3.8) is 0 Å². The topological polar surface area (TPSA) is 110 Å². The predicted molar refractivity (Wildman–Crippen MR) is 165 cm³/mol. The van der Waals surface area contributed by atoms with Gasteiger partial charge in [-0.3, -0.25) is 9.89 Å². The number of nitrogens with zero attached hydrogens (tertiary/aromatic N) is 4. The molecule has 0 aromatic heterocycles. The van der Waals surface area contributed by atoms with Crippen molar-refractivity contribution >= 4 is 41.2 Å². The van der Waals surface area contributed by atoms with Crippen LogP contribution in [0.4, 0.5) is 9.59 Å². The Morgan fingerprint density at radius 3 is 2.05 bits per heavy atom. The average Bonchev–Trinajstić information content (AvgIpc) is 3.38. The standard InChI is InChI=1S/C31H33Cl2N5O5/c1-3-41-24-13-14-25(26(19-24)42-4-2)29-35-27(20-5-9-22(32)10-6-20)28(21-7-11-23(33)12-8-21)38(29)31(40)36-15-17-37(18-16-36)43-30(34)39/h5-14,19,27-28H,3-4,15-18H2,1-2H3,(H2,34,39). The number of amidine groups is 1. The lowest BCUT2D eigenvalue weighted by atomic mass is 9.93. The van der Waals surface area contributed by atoms with Crippen LogP contribution in [0.15, 0.2) is 71.7 Å². The molecule has 1 saturated heterocycles. The highest BCUT2D eigenvalue weighted by Gasteiger charge is 2.45. The number of primary amides is 1. The smallest absolute Gasteiger partial charge is 0.423 e. The summed E-state index contributed by atoms with van der Waals surface area (Å²) in [6.45, 7) is 5.98. The van der Waals surface area contributed by atoms with Crippen LogP contribution in [0.25, 0.3) is 0 Å². The van der Waals surface area contributed by atoms with Gasteiger partial charge < -0.3 is 24.9 Å². The number of ether oxygens (including phenoxy) is 2. The highest BCUT2D eigenvalue weighted by Crippen LogP contribution is 2.45. The number of benzene rings is 3. The number of amides is 3. The van der Waals surface area contributed by atoms with Crippen molar-refractivity contribution in [3.8, 4) is 11.5 Å². The number of hydrogen-bond donors (Lipinski definition) is 1. The van der Waals surface area contributed by atoms with Gasteiger partial charge in [-0.1, -0.05) is 47.5 Å². The summed E-state index contributed by atoms with van der Waals surface area (Å²) in [6, 6.07) is 19.2. The SMILES string of the molecule is CCOc1ccc(C2=NC(c3ccc(Cl)cc3)C(c3ccc(Cl)cc3)N2C(=O)N2CCN(OC(N)=O)CC2)c(OCC)c1. The van der Waals surface area contributed by atoms with Crippen molar-refractivity contribution in [2.24, 2.45) is 10.7 Å². The predicted octanol–water partition coefficient (Wildman–Crippen LogP) is 6.08. The van der Waals surface area contributed by atoms with Gasteiger partial charge in [-0.15, -0.1) is 5.06 Å². The second-order valence-corrected chi connectivity index (χ2v) is 10.8. The van der Waals surface area contributed by atoms with Crippen LogP contribution in [-0.2, 0) is 4.84 Å². The number of hydrogen-bond acceptors (Lipinski definition) is 7. The number of carbonyl (C=O) groups excluding carboxylic acids is 2. The molecule has 226 valence electrons. The van der Waals surface area contributed by atoms with Crippen molar-refractivity contribution in [1.82, 2.24) is 14.9 Å². The molecule has 3 aromatic rings. The van der Waals surface area contributed by atoms with Crippen LogP contribution in [0.5, 0.6) is 11.5 Å². The molecule has 2 N–H and O–H groups in total. The Kier molecular flexibility index (Phi) is 9.59. The van der Waals surface area contributed by atoms with E-state index in [1.807, 2.05) is 68.4 Å². The number of nitrogens with two attached hydrogens (primary N) is 1. The summed E-state index contributed by atoms with van der Waals surface area (Å²) in [4.78, 5) is 39.5. The molecule has 2 aliphatic rings. The zero-order valence-electron chi connectivity index (χ0n) is 23.9. The molecule has 5 rings (SSSR count). The second-order valence-electron chi connectivity index (χ2n) is 9.95. The van der Waals surface area contributed by atoms with Crippen LogP contribution in [0.3, 0.4) is 0 Å². The quantitative estimate of drug-likeness (QED) is 0.325. The molecule has 2 atom stereocenters. The maximum atomic E-state index is 14.5. The van der Waals surface area contributed by atoms with Gasteiger partial charge in [0.15, 0.2) is 0 Å². The molecule has 0 spiro atoms. The molecule has 3 aromatic carbocycles. The van der Waals surface area contributed by atoms with E-state index in [2.05, 4.69) is 0 Å². The van der Waals surface area contributed by atoms with Gasteiger partial charge in [0.2, 0.25) is 0 Å². The molecule has 0 radical (unpaired) electrons. The molecule has 0 saturated carbocycles. The van der Waals surface area contributed by atoms with Crippen molar-refractivity contribution in [2.75, 3.05) is 39.4 Å². The van der Waals surface area contributed by atoms with Crippen LogP contribution in [0, 0.1) is 0 Å². The minimum absolute atomic E-state index is 0.245. The van der Waals surface area contributed by atoms with E-state index in [9.17, 15) is 9.59 Å². The summed E-state index contributed by atoms with van der Waals surface area (Å²) in [5.41, 5.74) is 7.60. The molecule has 0 bridgehead atoms. The van der Waals surface area contributed by atoms with Gasteiger partial charge in [0.05, 0.1) is 37.9 Å². The van der Waals surface area contributed by atoms with E-state index in [0.29, 0.717) is 72.3 Å². The molecule has 0 aliphatic carbocycles. The summed E-state index contributed by atoms with van der Waals surface area (Å²) in [7, 11) is 0. The van der Waals surface area contributed by atoms with Crippen molar-refractivity contribution in [2.45, 2.75) is 25.9 Å². The molecule has 1 fully saturated rings. The van der Waals surface area contributed by atoms with Crippen LogP contribution >= 0.6 is 23.2 Å². The maximum absolute atomic E-state index is 14.5. The van der Waals surface area contributed by atoms with Crippen LogP contribution in [0.1, 0.15) is 42.6 Å². The number of aliphatic imine (C=N–C) groups is 1. The Bertz CT molecular complexity index is 1480. The first-order valence-corrected chi connectivity index (χ1v) is 14.8. The van der Waals surface area contributed by atoms with E-state index in [0.717, 1.165) is 11.1 Å². The van der Waals surface area contributed by atoms with Crippen molar-refractivity contribution < 1.29 is 23.9 Å². The maximum Gasteiger partial charge on any atom is 0.423 e. The van der Waals surface area contributed by atoms with Gasteiger partial charge >= 0.3 is 12.1 Å². The number of rotatable bonds is 8. The van der Waals surface area contributed by atoms with Crippen LogP contribution in [0.2, 0.25) is 10.0 Å². The molecule has 2 aliphatic heterocycles. The minimum atomic E-state index is -0.888. The molecular weight excluding hydrogens is 593 g/mol. The largest absolute Gasteiger partial charge is 0.494 e. The third-order valence-corrected chi connectivity index (χ3v) is 7.73. The third kappa shape index (κ3) is 6.82. The zero-order valence-corrected chi connectivity index (χ0v) is 25.4. The summed E-state index contributed by atoms with van der Waals surface area (Å²) >= 11 is 12.5. The van der Waals surface area contributed by atoms with E-state index in [-0.39, 0.29) is 6.03 Å². The third-order valence-electron chi connectivity index (χ3n) is 7.23.